The SMILES string of the molecule is CC(C)c1cc([ClH+])ccc1Oc1ccc(Cl)cc1Cl. The highest BCUT2D eigenvalue weighted by Gasteiger charge is 2.13. The Hall–Kier alpha value is -0.890. The Morgan fingerprint density at radius 2 is 1.68 bits per heavy atom. The minimum atomic E-state index is 0.323. The summed E-state index contributed by atoms with van der Waals surface area (Å²) in [6.07, 6.45) is 0. The molecule has 4 heteroatoms. The number of benzene rings is 2. The summed E-state index contributed by atoms with van der Waals surface area (Å²) in [6.45, 7) is 4.20. The van der Waals surface area contributed by atoms with Crippen molar-refractivity contribution in [1.29, 1.82) is 0 Å². The third-order valence-electron chi connectivity index (χ3n) is 2.72. The topological polar surface area (TPSA) is 9.23 Å². The van der Waals surface area contributed by atoms with Gasteiger partial charge in [-0.05, 0) is 30.2 Å². The van der Waals surface area contributed by atoms with Gasteiger partial charge < -0.3 is 4.74 Å². The van der Waals surface area contributed by atoms with E-state index in [1.54, 1.807) is 18.2 Å². The molecule has 0 saturated carbocycles. The normalized spacial score (nSPS) is 10.8. The molecule has 100 valence electrons. The maximum absolute atomic E-state index is 6.11. The first kappa shape index (κ1) is 14.5. The van der Waals surface area contributed by atoms with Crippen molar-refractivity contribution in [3.63, 3.8) is 0 Å². The van der Waals surface area contributed by atoms with E-state index in [1.807, 2.05) is 18.2 Å². The van der Waals surface area contributed by atoms with E-state index in [-0.39, 0.29) is 0 Å². The standard InChI is InChI=1S/C15H14Cl3O/c1-9(2)12-7-10(16)3-5-14(12)19-15-6-4-11(17)8-13(15)18/h3-9,16H,1-2H3/q+1. The van der Waals surface area contributed by atoms with Crippen molar-refractivity contribution in [1.82, 2.24) is 0 Å². The molecular weight excluding hydrogens is 303 g/mol. The van der Waals surface area contributed by atoms with E-state index in [0.29, 0.717) is 21.7 Å². The number of ether oxygens (including phenoxy) is 1. The van der Waals surface area contributed by atoms with Gasteiger partial charge in [0.05, 0.1) is 5.02 Å². The molecule has 19 heavy (non-hydrogen) atoms. The molecule has 0 saturated heterocycles. The minimum absolute atomic E-state index is 0.323. The fourth-order valence-electron chi connectivity index (χ4n) is 1.75. The Balaban J connectivity index is 2.38. The molecule has 0 aliphatic rings. The van der Waals surface area contributed by atoms with Crippen molar-refractivity contribution in [2.75, 3.05) is 0 Å². The molecule has 0 aliphatic heterocycles. The van der Waals surface area contributed by atoms with E-state index in [0.717, 1.165) is 16.3 Å². The van der Waals surface area contributed by atoms with Crippen LogP contribution in [-0.4, -0.2) is 0 Å². The van der Waals surface area contributed by atoms with Crippen LogP contribution in [0.15, 0.2) is 36.4 Å². The van der Waals surface area contributed by atoms with Gasteiger partial charge in [-0.25, -0.2) is 0 Å². The van der Waals surface area contributed by atoms with Gasteiger partial charge in [-0.1, -0.05) is 37.0 Å². The van der Waals surface area contributed by atoms with Crippen LogP contribution in [0.4, 0.5) is 0 Å². The van der Waals surface area contributed by atoms with E-state index < -0.39 is 0 Å². The van der Waals surface area contributed by atoms with Crippen molar-refractivity contribution < 1.29 is 16.3 Å². The summed E-state index contributed by atoms with van der Waals surface area (Å²) in [7, 11) is 0. The molecule has 0 spiro atoms. The maximum atomic E-state index is 6.11. The van der Waals surface area contributed by atoms with Gasteiger partial charge >= 0.3 is 0 Å². The zero-order valence-electron chi connectivity index (χ0n) is 10.6. The molecule has 0 aromatic heterocycles. The van der Waals surface area contributed by atoms with Crippen LogP contribution in [0.5, 0.6) is 11.5 Å². The van der Waals surface area contributed by atoms with Crippen LogP contribution < -0.4 is 4.74 Å². The van der Waals surface area contributed by atoms with Gasteiger partial charge in [-0.2, -0.15) is 0 Å². The molecule has 2 aromatic rings. The van der Waals surface area contributed by atoms with Crippen LogP contribution in [0.2, 0.25) is 15.1 Å². The molecule has 0 bridgehead atoms. The van der Waals surface area contributed by atoms with Gasteiger partial charge in [0.2, 0.25) is 5.02 Å². The van der Waals surface area contributed by atoms with Crippen molar-refractivity contribution in [2.45, 2.75) is 19.8 Å². The summed E-state index contributed by atoms with van der Waals surface area (Å²) in [6, 6.07) is 10.9. The third-order valence-corrected chi connectivity index (χ3v) is 3.50. The molecule has 2 rings (SSSR count). The number of halogens is 3. The van der Waals surface area contributed by atoms with Gasteiger partial charge in [0.25, 0.3) is 0 Å². The average Bonchev–Trinajstić information content (AvgIpc) is 2.34. The summed E-state index contributed by atoms with van der Waals surface area (Å²) < 4.78 is 5.87. The Kier molecular flexibility index (Phi) is 4.62. The van der Waals surface area contributed by atoms with Crippen LogP contribution in [0.3, 0.4) is 0 Å². The molecule has 0 heterocycles. The van der Waals surface area contributed by atoms with Gasteiger partial charge in [0, 0.05) is 22.7 Å². The Labute approximate surface area is 128 Å². The van der Waals surface area contributed by atoms with Gasteiger partial charge in [0.1, 0.15) is 11.5 Å². The molecule has 2 aromatic carbocycles. The molecule has 0 amide bonds. The lowest BCUT2D eigenvalue weighted by molar-refractivity contribution is -0.289. The van der Waals surface area contributed by atoms with Gasteiger partial charge in [-0.15, -0.1) is 0 Å². The molecule has 0 radical (unpaired) electrons. The lowest BCUT2D eigenvalue weighted by Crippen LogP contribution is -1.95. The van der Waals surface area contributed by atoms with E-state index in [2.05, 4.69) is 13.8 Å². The summed E-state index contributed by atoms with van der Waals surface area (Å²) in [5, 5.41) is 1.88. The highest BCUT2D eigenvalue weighted by atomic mass is 35.5. The third kappa shape index (κ3) is 3.56. The van der Waals surface area contributed by atoms with Crippen molar-refractivity contribution in [3.05, 3.63) is 57.0 Å². The lowest BCUT2D eigenvalue weighted by Gasteiger charge is -2.14. The smallest absolute Gasteiger partial charge is 0.226 e. The molecule has 1 nitrogen and oxygen atoms in total. The predicted molar refractivity (Wildman–Crippen MR) is 77.6 cm³/mol. The number of rotatable bonds is 3. The largest absolute Gasteiger partial charge is 0.455 e. The second-order valence-corrected chi connectivity index (χ2v) is 5.85. The lowest BCUT2D eigenvalue weighted by atomic mass is 10.0. The Bertz CT molecular complexity index is 594. The summed E-state index contributed by atoms with van der Waals surface area (Å²) in [4.78, 5) is 0. The zero-order valence-corrected chi connectivity index (χ0v) is 12.9. The van der Waals surface area contributed by atoms with Crippen LogP contribution >= 0.6 is 23.2 Å². The number of hydrogen-bond acceptors (Lipinski definition) is 1. The fraction of sp³-hybridized carbons (Fsp3) is 0.200. The first-order valence-corrected chi connectivity index (χ1v) is 7.07. The van der Waals surface area contributed by atoms with E-state index >= 15 is 0 Å². The van der Waals surface area contributed by atoms with E-state index in [9.17, 15) is 0 Å². The van der Waals surface area contributed by atoms with Gasteiger partial charge in [0.15, 0.2) is 11.6 Å². The van der Waals surface area contributed by atoms with Crippen molar-refractivity contribution >= 4 is 23.2 Å². The van der Waals surface area contributed by atoms with Crippen LogP contribution in [0.1, 0.15) is 25.3 Å². The second-order valence-electron chi connectivity index (χ2n) is 4.53. The minimum Gasteiger partial charge on any atom is -0.455 e. The van der Waals surface area contributed by atoms with Crippen LogP contribution in [-0.2, 0) is 0 Å². The predicted octanol–water partition coefficient (Wildman–Crippen LogP) is 5.61. The molecule has 0 atom stereocenters. The summed E-state index contributed by atoms with van der Waals surface area (Å²) in [5.41, 5.74) is 1.07. The monoisotopic (exact) mass is 315 g/mol. The van der Waals surface area contributed by atoms with E-state index in [4.69, 9.17) is 39.5 Å². The van der Waals surface area contributed by atoms with Crippen molar-refractivity contribution in [2.24, 2.45) is 0 Å². The quantitative estimate of drug-likeness (QED) is 0.715. The summed E-state index contributed by atoms with van der Waals surface area (Å²) in [5.74, 6) is 1.68. The zero-order chi connectivity index (χ0) is 14.0. The Morgan fingerprint density at radius 3 is 2.32 bits per heavy atom. The highest BCUT2D eigenvalue weighted by Crippen LogP contribution is 2.35. The molecule has 0 fully saturated rings. The van der Waals surface area contributed by atoms with Gasteiger partial charge in [-0.3, -0.25) is 0 Å². The molecule has 0 aliphatic carbocycles. The first-order chi connectivity index (χ1) is 8.97. The van der Waals surface area contributed by atoms with Crippen LogP contribution in [0.25, 0.3) is 0 Å². The maximum Gasteiger partial charge on any atom is 0.226 e. The molecule has 0 N–H and O–H groups in total. The van der Waals surface area contributed by atoms with E-state index in [1.165, 1.54) is 0 Å². The second kappa shape index (κ2) is 6.04. The summed E-state index contributed by atoms with van der Waals surface area (Å²) >= 11 is 17.2. The molecule has 0 unspecified atom stereocenters. The first-order valence-electron chi connectivity index (χ1n) is 5.91. The Morgan fingerprint density at radius 1 is 1.00 bits per heavy atom. The molecular formula is C15H14Cl3O+. The fourth-order valence-corrected chi connectivity index (χ4v) is 2.39. The van der Waals surface area contributed by atoms with Crippen LogP contribution in [0, 0.1) is 11.6 Å². The highest BCUT2D eigenvalue weighted by molar-refractivity contribution is 6.35. The number of hydrogen-bond donors (Lipinski definition) is 0. The van der Waals surface area contributed by atoms with Crippen molar-refractivity contribution in [3.8, 4) is 11.5 Å². The average molecular weight is 317 g/mol.